The molecular weight excluding hydrogens is 278 g/mol. The van der Waals surface area contributed by atoms with Crippen molar-refractivity contribution in [2.75, 3.05) is 13.1 Å². The van der Waals surface area contributed by atoms with Gasteiger partial charge in [0, 0.05) is 11.1 Å². The largest absolute Gasteiger partial charge is 0.297 e. The summed E-state index contributed by atoms with van der Waals surface area (Å²) in [6.07, 6.45) is 6.28. The fourth-order valence-electron chi connectivity index (χ4n) is 3.29. The molecule has 0 aromatic heterocycles. The van der Waals surface area contributed by atoms with Crippen molar-refractivity contribution in [3.8, 4) is 0 Å². The summed E-state index contributed by atoms with van der Waals surface area (Å²) < 4.78 is 0. The minimum atomic E-state index is 0.157. The monoisotopic (exact) mass is 305 g/mol. The van der Waals surface area contributed by atoms with E-state index in [4.69, 9.17) is 11.6 Å². The van der Waals surface area contributed by atoms with E-state index in [-0.39, 0.29) is 5.41 Å². The molecular formula is C19H28ClN. The molecule has 0 spiro atoms. The van der Waals surface area contributed by atoms with Crippen LogP contribution in [0.5, 0.6) is 0 Å². The highest BCUT2D eigenvalue weighted by Crippen LogP contribution is 2.32. The molecule has 2 rings (SSSR count). The third-order valence-electron chi connectivity index (χ3n) is 4.48. The molecule has 0 aliphatic carbocycles. The molecule has 1 nitrogen and oxygen atoms in total. The van der Waals surface area contributed by atoms with E-state index in [0.717, 1.165) is 11.4 Å². The molecule has 1 saturated heterocycles. The van der Waals surface area contributed by atoms with Crippen molar-refractivity contribution in [2.24, 2.45) is 0 Å². The lowest BCUT2D eigenvalue weighted by molar-refractivity contribution is 0.238. The van der Waals surface area contributed by atoms with Crippen molar-refractivity contribution in [3.05, 3.63) is 46.5 Å². The number of rotatable bonds is 5. The molecule has 1 aromatic carbocycles. The Hall–Kier alpha value is -0.790. The van der Waals surface area contributed by atoms with Crippen LogP contribution in [0.15, 0.2) is 35.9 Å². The maximum absolute atomic E-state index is 6.02. The van der Waals surface area contributed by atoms with Gasteiger partial charge in [-0.15, -0.1) is 0 Å². The maximum Gasteiger partial charge on any atom is 0.0406 e. The lowest BCUT2D eigenvalue weighted by Crippen LogP contribution is -2.36. The van der Waals surface area contributed by atoms with Crippen molar-refractivity contribution < 1.29 is 0 Å². The molecule has 1 aromatic rings. The predicted molar refractivity (Wildman–Crippen MR) is 93.1 cm³/mol. The van der Waals surface area contributed by atoms with Gasteiger partial charge in [-0.2, -0.15) is 0 Å². The third kappa shape index (κ3) is 4.59. The molecule has 1 fully saturated rings. The van der Waals surface area contributed by atoms with Gasteiger partial charge in [0.25, 0.3) is 0 Å². The minimum absolute atomic E-state index is 0.157. The first-order chi connectivity index (χ1) is 9.88. The summed E-state index contributed by atoms with van der Waals surface area (Å²) in [6, 6.07) is 8.90. The second kappa shape index (κ2) is 6.98. The zero-order valence-electron chi connectivity index (χ0n) is 13.8. The second-order valence-electron chi connectivity index (χ2n) is 7.15. The molecule has 1 heterocycles. The van der Waals surface area contributed by atoms with Gasteiger partial charge in [0.05, 0.1) is 0 Å². The van der Waals surface area contributed by atoms with Gasteiger partial charge in [0.15, 0.2) is 0 Å². The molecule has 1 aliphatic heterocycles. The molecule has 21 heavy (non-hydrogen) atoms. The summed E-state index contributed by atoms with van der Waals surface area (Å²) in [6.45, 7) is 11.6. The van der Waals surface area contributed by atoms with Crippen molar-refractivity contribution in [3.63, 3.8) is 0 Å². The highest BCUT2D eigenvalue weighted by atomic mass is 35.5. The van der Waals surface area contributed by atoms with Gasteiger partial charge in [-0.25, -0.2) is 0 Å². The summed E-state index contributed by atoms with van der Waals surface area (Å²) in [5.41, 5.74) is 2.95. The van der Waals surface area contributed by atoms with E-state index in [9.17, 15) is 0 Å². The first kappa shape index (κ1) is 16.6. The molecule has 0 bridgehead atoms. The Kier molecular flexibility index (Phi) is 5.51. The summed E-state index contributed by atoms with van der Waals surface area (Å²) in [4.78, 5) is 2.64. The predicted octanol–water partition coefficient (Wildman–Crippen LogP) is 5.44. The van der Waals surface area contributed by atoms with Gasteiger partial charge >= 0.3 is 0 Å². The van der Waals surface area contributed by atoms with E-state index in [0.29, 0.717) is 6.04 Å². The lowest BCUT2D eigenvalue weighted by atomic mass is 9.78. The summed E-state index contributed by atoms with van der Waals surface area (Å²) in [7, 11) is 0. The summed E-state index contributed by atoms with van der Waals surface area (Å²) in [5.74, 6) is 0. The van der Waals surface area contributed by atoms with Gasteiger partial charge in [-0.1, -0.05) is 49.2 Å². The molecule has 1 aliphatic rings. The van der Waals surface area contributed by atoms with Crippen LogP contribution in [-0.4, -0.2) is 24.0 Å². The van der Waals surface area contributed by atoms with Crippen LogP contribution in [0.25, 0.3) is 0 Å². The normalized spacial score (nSPS) is 17.8. The topological polar surface area (TPSA) is 3.24 Å². The maximum atomic E-state index is 6.02. The summed E-state index contributed by atoms with van der Waals surface area (Å²) >= 11 is 6.02. The average molecular weight is 306 g/mol. The summed E-state index contributed by atoms with van der Waals surface area (Å²) in [5, 5.41) is 0.815. The van der Waals surface area contributed by atoms with Crippen LogP contribution < -0.4 is 0 Å². The van der Waals surface area contributed by atoms with Crippen LogP contribution in [0.3, 0.4) is 0 Å². The highest BCUT2D eigenvalue weighted by Gasteiger charge is 2.28. The fourth-order valence-corrected chi connectivity index (χ4v) is 3.42. The van der Waals surface area contributed by atoms with Crippen LogP contribution in [0.1, 0.15) is 52.5 Å². The van der Waals surface area contributed by atoms with Crippen LogP contribution in [-0.2, 0) is 5.41 Å². The number of hydrogen-bond donors (Lipinski definition) is 0. The number of likely N-dealkylation sites (tertiary alicyclic amines) is 1. The van der Waals surface area contributed by atoms with Crippen LogP contribution in [0.4, 0.5) is 0 Å². The lowest BCUT2D eigenvalue weighted by Gasteiger charge is -2.34. The standard InChI is InChI=1S/C19H28ClN/c1-15(2)13-18(21-11-5-6-12-21)14-19(3,4)16-7-9-17(20)10-8-16/h7-10,13,18H,5-6,11-12,14H2,1-4H3. The molecule has 2 heteroatoms. The minimum Gasteiger partial charge on any atom is -0.297 e. The Morgan fingerprint density at radius 1 is 1.19 bits per heavy atom. The van der Waals surface area contributed by atoms with Gasteiger partial charge in [-0.3, -0.25) is 4.90 Å². The van der Waals surface area contributed by atoms with E-state index in [1.165, 1.54) is 37.1 Å². The second-order valence-corrected chi connectivity index (χ2v) is 7.59. The van der Waals surface area contributed by atoms with E-state index in [1.54, 1.807) is 0 Å². The molecule has 0 amide bonds. The fraction of sp³-hybridized carbons (Fsp3) is 0.579. The Bertz CT molecular complexity index is 477. The number of benzene rings is 1. The van der Waals surface area contributed by atoms with Crippen LogP contribution in [0.2, 0.25) is 5.02 Å². The van der Waals surface area contributed by atoms with Gasteiger partial charge in [0.2, 0.25) is 0 Å². The Labute approximate surface area is 135 Å². The molecule has 116 valence electrons. The SMILES string of the molecule is CC(C)=CC(CC(C)(C)c1ccc(Cl)cc1)N1CCCC1. The molecule has 0 radical (unpaired) electrons. The Morgan fingerprint density at radius 3 is 2.29 bits per heavy atom. The van der Waals surface area contributed by atoms with Crippen LogP contribution >= 0.6 is 11.6 Å². The van der Waals surface area contributed by atoms with Crippen molar-refractivity contribution >= 4 is 11.6 Å². The third-order valence-corrected chi connectivity index (χ3v) is 4.73. The zero-order chi connectivity index (χ0) is 15.5. The highest BCUT2D eigenvalue weighted by molar-refractivity contribution is 6.30. The van der Waals surface area contributed by atoms with Gasteiger partial charge < -0.3 is 0 Å². The van der Waals surface area contributed by atoms with Crippen molar-refractivity contribution in [2.45, 2.75) is 58.4 Å². The average Bonchev–Trinajstić information content (AvgIpc) is 2.91. The Morgan fingerprint density at radius 2 is 1.76 bits per heavy atom. The molecule has 1 atom stereocenters. The quantitative estimate of drug-likeness (QED) is 0.655. The van der Waals surface area contributed by atoms with Crippen molar-refractivity contribution in [1.82, 2.24) is 4.90 Å². The van der Waals surface area contributed by atoms with E-state index in [1.807, 2.05) is 12.1 Å². The number of halogens is 1. The number of hydrogen-bond acceptors (Lipinski definition) is 1. The molecule has 0 N–H and O–H groups in total. The number of allylic oxidation sites excluding steroid dienone is 1. The Balaban J connectivity index is 2.17. The van der Waals surface area contributed by atoms with E-state index < -0.39 is 0 Å². The first-order valence-corrected chi connectivity index (χ1v) is 8.41. The van der Waals surface area contributed by atoms with Crippen molar-refractivity contribution in [1.29, 1.82) is 0 Å². The smallest absolute Gasteiger partial charge is 0.0406 e. The van der Waals surface area contributed by atoms with E-state index >= 15 is 0 Å². The molecule has 0 saturated carbocycles. The van der Waals surface area contributed by atoms with Crippen LogP contribution in [0, 0.1) is 0 Å². The van der Waals surface area contributed by atoms with Gasteiger partial charge in [0.1, 0.15) is 0 Å². The van der Waals surface area contributed by atoms with E-state index in [2.05, 4.69) is 50.8 Å². The van der Waals surface area contributed by atoms with Gasteiger partial charge in [-0.05, 0) is 69.3 Å². The number of nitrogens with zero attached hydrogens (tertiary/aromatic N) is 1. The first-order valence-electron chi connectivity index (χ1n) is 8.03. The molecule has 1 unspecified atom stereocenters. The zero-order valence-corrected chi connectivity index (χ0v) is 14.6.